The molecule has 5 rings (SSSR count). The highest BCUT2D eigenvalue weighted by molar-refractivity contribution is 7.98. The molecule has 1 N–H and O–H groups in total. The van der Waals surface area contributed by atoms with Crippen LogP contribution in [0.3, 0.4) is 0 Å². The smallest absolute Gasteiger partial charge is 0.119 e. The number of rotatable bonds is 6. The van der Waals surface area contributed by atoms with Crippen molar-refractivity contribution in [1.82, 2.24) is 0 Å². The first-order chi connectivity index (χ1) is 14.8. The van der Waals surface area contributed by atoms with Gasteiger partial charge < -0.3 is 10.1 Å². The molecule has 0 radical (unpaired) electrons. The van der Waals surface area contributed by atoms with E-state index in [2.05, 4.69) is 66.2 Å². The second-order valence-corrected chi connectivity index (χ2v) is 10.0. The molecule has 0 amide bonds. The molecule has 1 saturated carbocycles. The zero-order valence-corrected chi connectivity index (χ0v) is 18.8. The van der Waals surface area contributed by atoms with Crippen molar-refractivity contribution in [2.24, 2.45) is 11.8 Å². The van der Waals surface area contributed by atoms with Gasteiger partial charge in [-0.25, -0.2) is 0 Å². The lowest BCUT2D eigenvalue weighted by molar-refractivity contribution is 0.246. The Morgan fingerprint density at radius 3 is 2.67 bits per heavy atom. The molecule has 1 aliphatic heterocycles. The summed E-state index contributed by atoms with van der Waals surface area (Å²) in [6, 6.07) is 16.1. The minimum atomic E-state index is 0.367. The van der Waals surface area contributed by atoms with E-state index in [9.17, 15) is 0 Å². The van der Waals surface area contributed by atoms with Crippen LogP contribution in [0.4, 0.5) is 5.69 Å². The van der Waals surface area contributed by atoms with Crippen LogP contribution in [0.25, 0.3) is 0 Å². The fourth-order valence-electron chi connectivity index (χ4n) is 5.62. The average Bonchev–Trinajstić information content (AvgIpc) is 3.30. The first kappa shape index (κ1) is 20.1. The molecule has 3 aliphatic rings. The molecule has 2 nitrogen and oxygen atoms in total. The van der Waals surface area contributed by atoms with Crippen LogP contribution < -0.4 is 10.1 Å². The highest BCUT2D eigenvalue weighted by atomic mass is 32.2. The summed E-state index contributed by atoms with van der Waals surface area (Å²) < 4.78 is 6.21. The monoisotopic (exact) mass is 419 g/mol. The van der Waals surface area contributed by atoms with Gasteiger partial charge in [-0.3, -0.25) is 0 Å². The van der Waals surface area contributed by atoms with Crippen LogP contribution in [0.1, 0.15) is 68.0 Å². The number of anilines is 1. The van der Waals surface area contributed by atoms with E-state index < -0.39 is 0 Å². The van der Waals surface area contributed by atoms with Gasteiger partial charge in [-0.1, -0.05) is 56.4 Å². The molecule has 0 bridgehead atoms. The second-order valence-electron chi connectivity index (χ2n) is 9.14. The topological polar surface area (TPSA) is 21.3 Å². The zero-order valence-electron chi connectivity index (χ0n) is 18.0. The van der Waals surface area contributed by atoms with E-state index in [1.165, 1.54) is 60.2 Å². The molecule has 0 saturated heterocycles. The summed E-state index contributed by atoms with van der Waals surface area (Å²) >= 11 is 1.80. The lowest BCUT2D eigenvalue weighted by atomic mass is 9.77. The summed E-state index contributed by atoms with van der Waals surface area (Å²) in [4.78, 5) is 1.33. The van der Waals surface area contributed by atoms with Crippen LogP contribution in [0.15, 0.2) is 59.5 Å². The van der Waals surface area contributed by atoms with Crippen LogP contribution >= 0.6 is 11.8 Å². The molecular weight excluding hydrogens is 386 g/mol. The van der Waals surface area contributed by atoms with Crippen LogP contribution in [0.5, 0.6) is 5.75 Å². The van der Waals surface area contributed by atoms with E-state index in [4.69, 9.17) is 4.74 Å². The van der Waals surface area contributed by atoms with Crippen LogP contribution in [-0.4, -0.2) is 12.9 Å². The number of hydrogen-bond donors (Lipinski definition) is 1. The zero-order chi connectivity index (χ0) is 20.3. The third kappa shape index (κ3) is 4.14. The Balaban J connectivity index is 1.30. The maximum atomic E-state index is 6.21. The van der Waals surface area contributed by atoms with E-state index in [1.54, 1.807) is 11.8 Å². The Morgan fingerprint density at radius 1 is 1.03 bits per heavy atom. The van der Waals surface area contributed by atoms with Gasteiger partial charge in [0.1, 0.15) is 5.75 Å². The number of nitrogens with one attached hydrogen (secondary N) is 1. The quantitative estimate of drug-likeness (QED) is 0.385. The lowest BCUT2D eigenvalue weighted by Crippen LogP contribution is -2.29. The van der Waals surface area contributed by atoms with Crippen molar-refractivity contribution in [3.05, 3.63) is 65.7 Å². The van der Waals surface area contributed by atoms with Crippen LogP contribution in [0, 0.1) is 11.8 Å². The van der Waals surface area contributed by atoms with E-state index in [1.807, 2.05) is 0 Å². The fraction of sp³-hybridized carbons (Fsp3) is 0.481. The SMILES string of the molecule is CSc1ccc(C2Nc3ccc(OCCC4CCCCC4)cc3C3C=CCC32)cc1. The molecule has 30 heavy (non-hydrogen) atoms. The molecule has 2 aromatic rings. The highest BCUT2D eigenvalue weighted by Crippen LogP contribution is 2.50. The first-order valence-corrected chi connectivity index (χ1v) is 12.9. The average molecular weight is 420 g/mol. The predicted molar refractivity (Wildman–Crippen MR) is 128 cm³/mol. The van der Waals surface area contributed by atoms with Gasteiger partial charge in [-0.15, -0.1) is 11.8 Å². The van der Waals surface area contributed by atoms with Crippen molar-refractivity contribution in [1.29, 1.82) is 0 Å². The Morgan fingerprint density at radius 2 is 1.87 bits per heavy atom. The van der Waals surface area contributed by atoms with E-state index in [0.717, 1.165) is 24.7 Å². The normalized spacial score (nSPS) is 25.4. The summed E-state index contributed by atoms with van der Waals surface area (Å²) in [5.41, 5.74) is 4.06. The van der Waals surface area contributed by atoms with Crippen molar-refractivity contribution in [3.8, 4) is 5.75 Å². The van der Waals surface area contributed by atoms with Crippen molar-refractivity contribution in [3.63, 3.8) is 0 Å². The van der Waals surface area contributed by atoms with Crippen molar-refractivity contribution >= 4 is 17.4 Å². The summed E-state index contributed by atoms with van der Waals surface area (Å²) in [5, 5.41) is 3.85. The molecule has 3 heteroatoms. The maximum absolute atomic E-state index is 6.21. The molecule has 2 aliphatic carbocycles. The van der Waals surface area contributed by atoms with Crippen LogP contribution in [0.2, 0.25) is 0 Å². The van der Waals surface area contributed by atoms with Gasteiger partial charge in [-0.05, 0) is 72.4 Å². The number of hydrogen-bond acceptors (Lipinski definition) is 3. The van der Waals surface area contributed by atoms with Crippen molar-refractivity contribution in [2.75, 3.05) is 18.2 Å². The fourth-order valence-corrected chi connectivity index (χ4v) is 6.03. The van der Waals surface area contributed by atoms with Gasteiger partial charge in [0.2, 0.25) is 0 Å². The minimum absolute atomic E-state index is 0.367. The third-order valence-corrected chi connectivity index (χ3v) is 8.07. The second kappa shape index (κ2) is 9.09. The van der Waals surface area contributed by atoms with Crippen molar-refractivity contribution in [2.45, 2.75) is 61.8 Å². The predicted octanol–water partition coefficient (Wildman–Crippen LogP) is 7.58. The highest BCUT2D eigenvalue weighted by Gasteiger charge is 2.38. The minimum Gasteiger partial charge on any atom is -0.494 e. The van der Waals surface area contributed by atoms with Gasteiger partial charge in [0.25, 0.3) is 0 Å². The van der Waals surface area contributed by atoms with Gasteiger partial charge in [0, 0.05) is 16.5 Å². The first-order valence-electron chi connectivity index (χ1n) is 11.7. The molecule has 0 spiro atoms. The molecule has 1 fully saturated rings. The molecule has 1 heterocycles. The van der Waals surface area contributed by atoms with E-state index in [0.29, 0.717) is 17.9 Å². The number of thioether (sulfide) groups is 1. The number of benzene rings is 2. The largest absolute Gasteiger partial charge is 0.494 e. The van der Waals surface area contributed by atoms with Gasteiger partial charge in [-0.2, -0.15) is 0 Å². The molecular formula is C27H33NOS. The molecule has 158 valence electrons. The Kier molecular flexibility index (Phi) is 6.08. The summed E-state index contributed by atoms with van der Waals surface area (Å²) in [7, 11) is 0. The molecule has 2 aromatic carbocycles. The Hall–Kier alpha value is -1.87. The molecule has 3 atom stereocenters. The van der Waals surface area contributed by atoms with Gasteiger partial charge >= 0.3 is 0 Å². The molecule has 3 unspecified atom stereocenters. The Labute approximate surface area is 185 Å². The number of allylic oxidation sites excluding steroid dienone is 2. The standard InChI is InChI=1S/C27H33NOS/c1-30-22-13-10-20(11-14-22)27-24-9-5-8-23(24)25-18-21(12-15-26(25)28-27)29-17-16-19-6-3-2-4-7-19/h5,8,10-15,18-19,23-24,27-28H,2-4,6-7,9,16-17H2,1H3. The lowest BCUT2D eigenvalue weighted by Gasteiger charge is -2.37. The number of fused-ring (bicyclic) bond motifs is 3. The summed E-state index contributed by atoms with van der Waals surface area (Å²) in [5.74, 6) is 2.97. The van der Waals surface area contributed by atoms with Gasteiger partial charge in [0.15, 0.2) is 0 Å². The Bertz CT molecular complexity index is 884. The number of ether oxygens (including phenoxy) is 1. The van der Waals surface area contributed by atoms with Crippen molar-refractivity contribution < 1.29 is 4.74 Å². The third-order valence-electron chi connectivity index (χ3n) is 7.33. The maximum Gasteiger partial charge on any atom is 0.119 e. The summed E-state index contributed by atoms with van der Waals surface area (Å²) in [6.07, 6.45) is 16.3. The van der Waals surface area contributed by atoms with E-state index >= 15 is 0 Å². The van der Waals surface area contributed by atoms with Crippen LogP contribution in [-0.2, 0) is 0 Å². The van der Waals surface area contributed by atoms with Gasteiger partial charge in [0.05, 0.1) is 12.6 Å². The molecule has 0 aromatic heterocycles. The van der Waals surface area contributed by atoms with E-state index in [-0.39, 0.29) is 0 Å². The summed E-state index contributed by atoms with van der Waals surface area (Å²) in [6.45, 7) is 0.852.